The molecule has 0 aliphatic carbocycles. The lowest BCUT2D eigenvalue weighted by molar-refractivity contribution is -0.0328. The van der Waals surface area contributed by atoms with Crippen molar-refractivity contribution in [1.82, 2.24) is 4.98 Å². The fourth-order valence-electron chi connectivity index (χ4n) is 2.05. The molecule has 0 aliphatic rings. The number of furan rings is 1. The third-order valence-electron chi connectivity index (χ3n) is 3.12. The molecule has 3 rings (SSSR count). The molecule has 0 unspecified atom stereocenters. The van der Waals surface area contributed by atoms with Crippen molar-refractivity contribution < 1.29 is 22.4 Å². The molecule has 0 amide bonds. The van der Waals surface area contributed by atoms with Gasteiger partial charge in [0.25, 0.3) is 5.56 Å². The molecule has 9 heteroatoms. The first-order valence-electron chi connectivity index (χ1n) is 7.16. The molecule has 0 bridgehead atoms. The van der Waals surface area contributed by atoms with Gasteiger partial charge in [0.2, 0.25) is 5.78 Å². The molecule has 0 atom stereocenters. The summed E-state index contributed by atoms with van der Waals surface area (Å²) in [5.74, 6) is -0.227. The molecule has 3 aromatic rings. The second-order valence-corrected chi connectivity index (χ2v) is 7.25. The van der Waals surface area contributed by atoms with E-state index < -0.39 is 5.51 Å². The van der Waals surface area contributed by atoms with Gasteiger partial charge in [0, 0.05) is 11.0 Å². The van der Waals surface area contributed by atoms with Crippen LogP contribution < -0.4 is 14.8 Å². The molecule has 26 heavy (non-hydrogen) atoms. The monoisotopic (exact) mass is 397 g/mol. The standard InChI is InChI=1S/C17H10F3NO3S2/c18-17(19,20)26-11-5-3-10(4-6-11)8-14-16(23)21-15(25-14)9-12(22)13-2-1-7-24-13/h1-9H,(H,21,23)/b14-8-,15-9-. The van der Waals surface area contributed by atoms with E-state index in [1.54, 1.807) is 12.1 Å². The summed E-state index contributed by atoms with van der Waals surface area (Å²) >= 11 is 0.865. The predicted molar refractivity (Wildman–Crippen MR) is 93.6 cm³/mol. The minimum atomic E-state index is -4.35. The van der Waals surface area contributed by atoms with E-state index >= 15 is 0 Å². The van der Waals surface area contributed by atoms with Crippen LogP contribution in [-0.4, -0.2) is 16.3 Å². The number of H-pyrrole nitrogens is 1. The Labute approximate surface area is 152 Å². The average Bonchev–Trinajstić information content (AvgIpc) is 3.19. The quantitative estimate of drug-likeness (QED) is 0.543. The Kier molecular flexibility index (Phi) is 5.19. The summed E-state index contributed by atoms with van der Waals surface area (Å²) in [6.45, 7) is 0. The van der Waals surface area contributed by atoms with E-state index in [9.17, 15) is 22.8 Å². The normalized spacial score (nSPS) is 13.3. The van der Waals surface area contributed by atoms with Crippen molar-refractivity contribution in [3.8, 4) is 0 Å². The van der Waals surface area contributed by atoms with E-state index in [1.807, 2.05) is 0 Å². The highest BCUT2D eigenvalue weighted by Gasteiger charge is 2.28. The number of hydrogen-bond donors (Lipinski definition) is 1. The Bertz CT molecular complexity index is 1080. The Morgan fingerprint density at radius 1 is 1.19 bits per heavy atom. The van der Waals surface area contributed by atoms with Crippen molar-refractivity contribution in [2.45, 2.75) is 10.4 Å². The van der Waals surface area contributed by atoms with Crippen LogP contribution in [0.1, 0.15) is 16.1 Å². The minimum absolute atomic E-state index is 0.0628. The summed E-state index contributed by atoms with van der Waals surface area (Å²) in [4.78, 5) is 26.5. The van der Waals surface area contributed by atoms with E-state index in [0.29, 0.717) is 14.8 Å². The van der Waals surface area contributed by atoms with Crippen LogP contribution >= 0.6 is 23.1 Å². The van der Waals surface area contributed by atoms with E-state index in [4.69, 9.17) is 4.42 Å². The van der Waals surface area contributed by atoms with Crippen LogP contribution in [-0.2, 0) is 0 Å². The summed E-state index contributed by atoms with van der Waals surface area (Å²) in [5.41, 5.74) is -4.16. The fraction of sp³-hybridized carbons (Fsp3) is 0.0588. The largest absolute Gasteiger partial charge is 0.461 e. The van der Waals surface area contributed by atoms with Crippen LogP contribution in [0.25, 0.3) is 12.2 Å². The second-order valence-electron chi connectivity index (χ2n) is 5.03. The molecule has 0 spiro atoms. The van der Waals surface area contributed by atoms with Gasteiger partial charge in [0.05, 0.1) is 15.5 Å². The van der Waals surface area contributed by atoms with Gasteiger partial charge < -0.3 is 9.40 Å². The highest BCUT2D eigenvalue weighted by atomic mass is 32.2. The van der Waals surface area contributed by atoms with E-state index in [-0.39, 0.29) is 33.8 Å². The van der Waals surface area contributed by atoms with Crippen molar-refractivity contribution in [1.29, 1.82) is 0 Å². The number of nitrogens with one attached hydrogen (secondary N) is 1. The van der Waals surface area contributed by atoms with Gasteiger partial charge in [-0.3, -0.25) is 9.59 Å². The summed E-state index contributed by atoms with van der Waals surface area (Å²) in [6.07, 6.45) is 4.17. The Hall–Kier alpha value is -2.52. The zero-order valence-corrected chi connectivity index (χ0v) is 14.5. The van der Waals surface area contributed by atoms with Crippen LogP contribution in [0.2, 0.25) is 0 Å². The first kappa shape index (κ1) is 18.3. The number of benzene rings is 1. The lowest BCUT2D eigenvalue weighted by atomic mass is 10.2. The summed E-state index contributed by atoms with van der Waals surface area (Å²) in [5, 5.41) is 0. The lowest BCUT2D eigenvalue weighted by Gasteiger charge is -2.04. The molecule has 0 fully saturated rings. The van der Waals surface area contributed by atoms with Crippen molar-refractivity contribution in [3.63, 3.8) is 0 Å². The van der Waals surface area contributed by atoms with Crippen LogP contribution in [0.5, 0.6) is 0 Å². The molecule has 2 aromatic heterocycles. The number of carbonyl (C=O) groups is 1. The molecule has 0 radical (unpaired) electrons. The molecule has 0 saturated heterocycles. The average molecular weight is 397 g/mol. The third kappa shape index (κ3) is 4.77. The zero-order chi connectivity index (χ0) is 18.7. The van der Waals surface area contributed by atoms with Gasteiger partial charge in [-0.15, -0.1) is 11.3 Å². The summed E-state index contributed by atoms with van der Waals surface area (Å²) in [6, 6.07) is 8.74. The maximum Gasteiger partial charge on any atom is 0.446 e. The molecule has 0 aliphatic heterocycles. The maximum absolute atomic E-state index is 12.3. The number of carbonyl (C=O) groups excluding carboxylic acids is 1. The number of aromatic amines is 1. The molecule has 4 nitrogen and oxygen atoms in total. The van der Waals surface area contributed by atoms with Gasteiger partial charge in [-0.1, -0.05) is 12.1 Å². The number of ketones is 1. The summed E-state index contributed by atoms with van der Waals surface area (Å²) < 4.78 is 42.6. The number of halogens is 3. The number of hydrogen-bond acceptors (Lipinski definition) is 5. The Balaban J connectivity index is 1.87. The van der Waals surface area contributed by atoms with Gasteiger partial charge in [0.1, 0.15) is 0 Å². The number of rotatable bonds is 4. The molecule has 134 valence electrons. The second kappa shape index (κ2) is 7.38. The Morgan fingerprint density at radius 2 is 1.92 bits per heavy atom. The molecule has 0 saturated carbocycles. The molecular weight excluding hydrogens is 387 g/mol. The van der Waals surface area contributed by atoms with Crippen LogP contribution in [0.3, 0.4) is 0 Å². The van der Waals surface area contributed by atoms with Crippen LogP contribution in [0.4, 0.5) is 13.2 Å². The fourth-order valence-corrected chi connectivity index (χ4v) is 3.48. The molecule has 1 N–H and O–H groups in total. The topological polar surface area (TPSA) is 63.1 Å². The number of Topliss-reactive ketones (excluding diaryl/α,β-unsaturated/α-hetero) is 1. The summed E-state index contributed by atoms with van der Waals surface area (Å²) in [7, 11) is 0. The van der Waals surface area contributed by atoms with Crippen molar-refractivity contribution in [2.24, 2.45) is 0 Å². The lowest BCUT2D eigenvalue weighted by Crippen LogP contribution is -2.19. The predicted octanol–water partition coefficient (Wildman–Crippen LogP) is 3.13. The van der Waals surface area contributed by atoms with Crippen molar-refractivity contribution >= 4 is 41.0 Å². The number of alkyl halides is 3. The Morgan fingerprint density at radius 3 is 2.54 bits per heavy atom. The van der Waals surface area contributed by atoms with Gasteiger partial charge in [0.15, 0.2) is 5.76 Å². The van der Waals surface area contributed by atoms with Crippen molar-refractivity contribution in [2.75, 3.05) is 0 Å². The first-order valence-corrected chi connectivity index (χ1v) is 8.80. The molecular formula is C17H10F3NO3S2. The van der Waals surface area contributed by atoms with Gasteiger partial charge in [-0.05, 0) is 47.7 Å². The number of aromatic nitrogens is 1. The maximum atomic E-state index is 12.3. The smallest absolute Gasteiger partial charge is 0.446 e. The highest BCUT2D eigenvalue weighted by molar-refractivity contribution is 8.00. The van der Waals surface area contributed by atoms with E-state index in [2.05, 4.69) is 4.98 Å². The van der Waals surface area contributed by atoms with Crippen LogP contribution in [0, 0.1) is 0 Å². The van der Waals surface area contributed by atoms with Crippen molar-refractivity contribution in [3.05, 3.63) is 73.5 Å². The van der Waals surface area contributed by atoms with Gasteiger partial charge >= 0.3 is 5.51 Å². The first-order chi connectivity index (χ1) is 12.3. The SMILES string of the molecule is O=C(/C=c1/[nH]c(=O)/c(=C/c2ccc(SC(F)(F)F)cc2)s1)c1ccco1. The highest BCUT2D eigenvalue weighted by Crippen LogP contribution is 2.36. The minimum Gasteiger partial charge on any atom is -0.461 e. The molecule has 1 aromatic carbocycles. The zero-order valence-electron chi connectivity index (χ0n) is 12.9. The van der Waals surface area contributed by atoms with Gasteiger partial charge in [-0.25, -0.2) is 0 Å². The number of thiazole rings is 1. The number of thioether (sulfide) groups is 1. The van der Waals surface area contributed by atoms with E-state index in [1.165, 1.54) is 42.7 Å². The molecule has 2 heterocycles. The van der Waals surface area contributed by atoms with Gasteiger partial charge in [-0.2, -0.15) is 13.2 Å². The van der Waals surface area contributed by atoms with E-state index in [0.717, 1.165) is 11.3 Å². The third-order valence-corrected chi connectivity index (χ3v) is 4.82. The van der Waals surface area contributed by atoms with Crippen LogP contribution in [0.15, 0.2) is 56.8 Å².